The van der Waals surface area contributed by atoms with E-state index in [4.69, 9.17) is 16.1 Å². The second-order valence-corrected chi connectivity index (χ2v) is 3.81. The molecule has 0 bridgehead atoms. The molecule has 0 aliphatic carbocycles. The van der Waals surface area contributed by atoms with Gasteiger partial charge in [-0.05, 0) is 19.2 Å². The van der Waals surface area contributed by atoms with Crippen molar-refractivity contribution in [2.24, 2.45) is 0 Å². The molecule has 0 radical (unpaired) electrons. The summed E-state index contributed by atoms with van der Waals surface area (Å²) in [5.41, 5.74) is 0.868. The lowest BCUT2D eigenvalue weighted by atomic mass is 10.2. The van der Waals surface area contributed by atoms with Crippen LogP contribution in [0.4, 0.5) is 0 Å². The lowest BCUT2D eigenvalue weighted by molar-refractivity contribution is 0.377. The van der Waals surface area contributed by atoms with Gasteiger partial charge in [0.15, 0.2) is 0 Å². The average Bonchev–Trinajstić information content (AvgIpc) is 2.75. The number of benzene rings is 1. The molecule has 0 aliphatic heterocycles. The van der Waals surface area contributed by atoms with Crippen LogP contribution in [-0.4, -0.2) is 23.7 Å². The van der Waals surface area contributed by atoms with Gasteiger partial charge in [-0.15, -0.1) is 0 Å². The van der Waals surface area contributed by atoms with E-state index < -0.39 is 0 Å². The van der Waals surface area contributed by atoms with E-state index in [0.717, 1.165) is 18.5 Å². The number of aromatic nitrogens is 2. The molecule has 0 aliphatic rings. The van der Waals surface area contributed by atoms with Gasteiger partial charge in [0.1, 0.15) is 0 Å². The van der Waals surface area contributed by atoms with Crippen molar-refractivity contribution in [2.45, 2.75) is 6.42 Å². The van der Waals surface area contributed by atoms with Crippen molar-refractivity contribution in [1.29, 1.82) is 0 Å². The van der Waals surface area contributed by atoms with Gasteiger partial charge in [-0.2, -0.15) is 4.98 Å². The summed E-state index contributed by atoms with van der Waals surface area (Å²) in [6.45, 7) is 0.817. The number of nitrogens with one attached hydrogen (secondary N) is 1. The molecule has 2 aromatic rings. The van der Waals surface area contributed by atoms with Crippen molar-refractivity contribution in [1.82, 2.24) is 15.5 Å². The minimum absolute atomic E-state index is 0.577. The Kier molecular flexibility index (Phi) is 3.54. The van der Waals surface area contributed by atoms with Crippen molar-refractivity contribution < 1.29 is 4.52 Å². The highest BCUT2D eigenvalue weighted by Gasteiger charge is 2.07. The van der Waals surface area contributed by atoms with Gasteiger partial charge < -0.3 is 9.84 Å². The number of hydrogen-bond donors (Lipinski definition) is 1. The van der Waals surface area contributed by atoms with Crippen LogP contribution in [0.3, 0.4) is 0 Å². The van der Waals surface area contributed by atoms with E-state index in [-0.39, 0.29) is 0 Å². The van der Waals surface area contributed by atoms with E-state index in [1.165, 1.54) is 0 Å². The summed E-state index contributed by atoms with van der Waals surface area (Å²) >= 11 is 5.89. The molecule has 1 aromatic heterocycles. The monoisotopic (exact) mass is 237 g/mol. The SMILES string of the molecule is CNCCc1nc(-c2cccc(Cl)c2)no1. The highest BCUT2D eigenvalue weighted by Crippen LogP contribution is 2.19. The van der Waals surface area contributed by atoms with Crippen LogP contribution in [0.2, 0.25) is 5.02 Å². The molecule has 1 N–H and O–H groups in total. The first-order valence-corrected chi connectivity index (χ1v) is 5.40. The van der Waals surface area contributed by atoms with Gasteiger partial charge in [0.05, 0.1) is 0 Å². The zero-order valence-corrected chi connectivity index (χ0v) is 9.66. The average molecular weight is 238 g/mol. The molecule has 2 rings (SSSR count). The third kappa shape index (κ3) is 2.59. The van der Waals surface area contributed by atoms with Crippen LogP contribution in [0.25, 0.3) is 11.4 Å². The second-order valence-electron chi connectivity index (χ2n) is 3.38. The summed E-state index contributed by atoms with van der Waals surface area (Å²) in [7, 11) is 1.88. The lowest BCUT2D eigenvalue weighted by Gasteiger charge is -1.94. The largest absolute Gasteiger partial charge is 0.339 e. The third-order valence-corrected chi connectivity index (χ3v) is 2.37. The molecule has 0 saturated carbocycles. The molecule has 1 aromatic carbocycles. The quantitative estimate of drug-likeness (QED) is 0.885. The van der Waals surface area contributed by atoms with Crippen LogP contribution in [0, 0.1) is 0 Å². The first-order chi connectivity index (χ1) is 7.79. The lowest BCUT2D eigenvalue weighted by Crippen LogP contribution is -2.10. The summed E-state index contributed by atoms with van der Waals surface area (Å²) in [6.07, 6.45) is 0.726. The van der Waals surface area contributed by atoms with Crippen LogP contribution in [0.1, 0.15) is 5.89 Å². The summed E-state index contributed by atoms with van der Waals surface area (Å²) in [6, 6.07) is 7.39. The van der Waals surface area contributed by atoms with E-state index in [0.29, 0.717) is 16.7 Å². The Balaban J connectivity index is 2.18. The van der Waals surface area contributed by atoms with Gasteiger partial charge in [-0.3, -0.25) is 0 Å². The molecule has 5 heteroatoms. The normalized spacial score (nSPS) is 10.6. The number of rotatable bonds is 4. The van der Waals surface area contributed by atoms with Crippen LogP contribution in [0.15, 0.2) is 28.8 Å². The molecule has 84 valence electrons. The molecule has 0 atom stereocenters. The van der Waals surface area contributed by atoms with Gasteiger partial charge in [-0.25, -0.2) is 0 Å². The van der Waals surface area contributed by atoms with Gasteiger partial charge in [0.2, 0.25) is 11.7 Å². The molecule has 0 spiro atoms. The molecule has 0 amide bonds. The molecular formula is C11H12ClN3O. The molecule has 4 nitrogen and oxygen atoms in total. The Morgan fingerprint density at radius 3 is 3.06 bits per heavy atom. The zero-order valence-electron chi connectivity index (χ0n) is 8.90. The maximum atomic E-state index is 5.89. The summed E-state index contributed by atoms with van der Waals surface area (Å²) in [5, 5.41) is 7.60. The smallest absolute Gasteiger partial charge is 0.228 e. The summed E-state index contributed by atoms with van der Waals surface area (Å²) < 4.78 is 5.12. The predicted molar refractivity (Wildman–Crippen MR) is 62.4 cm³/mol. The number of hydrogen-bond acceptors (Lipinski definition) is 4. The standard InChI is InChI=1S/C11H12ClN3O/c1-13-6-5-10-14-11(15-16-10)8-3-2-4-9(12)7-8/h2-4,7,13H,5-6H2,1H3. The van der Waals surface area contributed by atoms with Crippen LogP contribution >= 0.6 is 11.6 Å². The summed E-state index contributed by atoms with van der Waals surface area (Å²) in [4.78, 5) is 4.28. The molecular weight excluding hydrogens is 226 g/mol. The van der Waals surface area contributed by atoms with E-state index in [2.05, 4.69) is 15.5 Å². The predicted octanol–water partition coefficient (Wildman–Crippen LogP) is 2.15. The summed E-state index contributed by atoms with van der Waals surface area (Å²) in [5.74, 6) is 1.21. The number of halogens is 1. The maximum absolute atomic E-state index is 5.89. The highest BCUT2D eigenvalue weighted by atomic mass is 35.5. The maximum Gasteiger partial charge on any atom is 0.228 e. The highest BCUT2D eigenvalue weighted by molar-refractivity contribution is 6.30. The van der Waals surface area contributed by atoms with Crippen LogP contribution in [0.5, 0.6) is 0 Å². The van der Waals surface area contributed by atoms with Crippen molar-refractivity contribution in [3.8, 4) is 11.4 Å². The van der Waals surface area contributed by atoms with Crippen molar-refractivity contribution in [3.63, 3.8) is 0 Å². The first kappa shape index (κ1) is 11.1. The van der Waals surface area contributed by atoms with E-state index in [1.807, 2.05) is 31.3 Å². The minimum atomic E-state index is 0.577. The Bertz CT molecular complexity index is 470. The number of likely N-dealkylation sites (N-methyl/N-ethyl adjacent to an activating group) is 1. The van der Waals surface area contributed by atoms with Crippen LogP contribution < -0.4 is 5.32 Å². The minimum Gasteiger partial charge on any atom is -0.339 e. The number of nitrogens with zero attached hydrogens (tertiary/aromatic N) is 2. The van der Waals surface area contributed by atoms with Gasteiger partial charge in [0, 0.05) is 23.6 Å². The van der Waals surface area contributed by atoms with Crippen molar-refractivity contribution in [2.75, 3.05) is 13.6 Å². The second kappa shape index (κ2) is 5.09. The molecule has 0 saturated heterocycles. The van der Waals surface area contributed by atoms with Crippen LogP contribution in [-0.2, 0) is 6.42 Å². The van der Waals surface area contributed by atoms with Crippen molar-refractivity contribution in [3.05, 3.63) is 35.2 Å². The Hall–Kier alpha value is -1.39. The molecule has 0 unspecified atom stereocenters. The Morgan fingerprint density at radius 2 is 2.31 bits per heavy atom. The fourth-order valence-electron chi connectivity index (χ4n) is 1.33. The molecule has 16 heavy (non-hydrogen) atoms. The molecule has 0 fully saturated rings. The first-order valence-electron chi connectivity index (χ1n) is 5.02. The Labute approximate surface area is 98.6 Å². The van der Waals surface area contributed by atoms with Crippen molar-refractivity contribution >= 4 is 11.6 Å². The topological polar surface area (TPSA) is 51.0 Å². The molecule has 1 heterocycles. The fraction of sp³-hybridized carbons (Fsp3) is 0.273. The van der Waals surface area contributed by atoms with Gasteiger partial charge >= 0.3 is 0 Å². The zero-order chi connectivity index (χ0) is 11.4. The fourth-order valence-corrected chi connectivity index (χ4v) is 1.52. The Morgan fingerprint density at radius 1 is 1.44 bits per heavy atom. The van der Waals surface area contributed by atoms with E-state index >= 15 is 0 Å². The van der Waals surface area contributed by atoms with Gasteiger partial charge in [-0.1, -0.05) is 28.9 Å². The van der Waals surface area contributed by atoms with E-state index in [9.17, 15) is 0 Å². The third-order valence-electron chi connectivity index (χ3n) is 2.14. The van der Waals surface area contributed by atoms with E-state index in [1.54, 1.807) is 0 Å². The van der Waals surface area contributed by atoms with Gasteiger partial charge in [0.25, 0.3) is 0 Å².